The standard InChI is InChI=1S/C23H21Cl2NO5S3/c24-13-5-6-17(25)15(10-13)16-11-14(33-20(16)22-30-8-9-31-22)12-18-21(29)26(23(32)34-18)7-3-1-2-4-19(27)28/h5-6,10-12,22H,1-4,7-9H2,(H,27,28)/b18-12-. The van der Waals surface area contributed by atoms with E-state index in [0.29, 0.717) is 51.9 Å². The maximum absolute atomic E-state index is 13.0. The molecule has 0 unspecified atom stereocenters. The Hall–Kier alpha value is -1.46. The molecule has 1 amide bonds. The summed E-state index contributed by atoms with van der Waals surface area (Å²) >= 11 is 20.9. The molecule has 3 heterocycles. The van der Waals surface area contributed by atoms with Gasteiger partial charge in [-0.15, -0.1) is 11.3 Å². The molecule has 2 fully saturated rings. The first kappa shape index (κ1) is 25.6. The molecule has 6 nitrogen and oxygen atoms in total. The van der Waals surface area contributed by atoms with Crippen molar-refractivity contribution >= 4 is 80.8 Å². The Morgan fingerprint density at radius 2 is 1.94 bits per heavy atom. The number of nitrogens with zero attached hydrogens (tertiary/aromatic N) is 1. The first-order valence-corrected chi connectivity index (χ1v) is 13.4. The lowest BCUT2D eigenvalue weighted by molar-refractivity contribution is -0.137. The van der Waals surface area contributed by atoms with Crippen molar-refractivity contribution in [2.75, 3.05) is 19.8 Å². The molecule has 1 aromatic carbocycles. The average Bonchev–Trinajstić information content (AvgIpc) is 3.51. The van der Waals surface area contributed by atoms with Gasteiger partial charge in [-0.25, -0.2) is 0 Å². The number of carboxylic acid groups (broad SMARTS) is 1. The third kappa shape index (κ3) is 6.02. The van der Waals surface area contributed by atoms with Crippen LogP contribution in [0.1, 0.15) is 41.7 Å². The van der Waals surface area contributed by atoms with Crippen LogP contribution in [0.15, 0.2) is 29.2 Å². The van der Waals surface area contributed by atoms with Crippen LogP contribution in [0.3, 0.4) is 0 Å². The van der Waals surface area contributed by atoms with Gasteiger partial charge in [0.2, 0.25) is 0 Å². The molecule has 1 N–H and O–H groups in total. The number of carboxylic acids is 1. The van der Waals surface area contributed by atoms with E-state index in [-0.39, 0.29) is 12.3 Å². The van der Waals surface area contributed by atoms with Crippen molar-refractivity contribution < 1.29 is 24.2 Å². The van der Waals surface area contributed by atoms with Gasteiger partial charge in [0.15, 0.2) is 6.29 Å². The molecule has 0 saturated carbocycles. The average molecular weight is 559 g/mol. The Bertz CT molecular complexity index is 1140. The number of benzene rings is 1. The van der Waals surface area contributed by atoms with Gasteiger partial charge in [-0.1, -0.05) is 53.6 Å². The second-order valence-corrected chi connectivity index (χ2v) is 11.3. The normalized spacial score (nSPS) is 17.9. The van der Waals surface area contributed by atoms with Gasteiger partial charge in [-0.2, -0.15) is 0 Å². The number of hydrogen-bond donors (Lipinski definition) is 1. The fourth-order valence-electron chi connectivity index (χ4n) is 3.64. The van der Waals surface area contributed by atoms with E-state index in [1.807, 2.05) is 12.1 Å². The summed E-state index contributed by atoms with van der Waals surface area (Å²) in [6.07, 6.45) is 3.46. The van der Waals surface area contributed by atoms with E-state index in [1.165, 1.54) is 23.1 Å². The topological polar surface area (TPSA) is 76.1 Å². The number of halogens is 2. The van der Waals surface area contributed by atoms with Crippen LogP contribution in [0.5, 0.6) is 0 Å². The molecule has 0 radical (unpaired) electrons. The summed E-state index contributed by atoms with van der Waals surface area (Å²) in [4.78, 5) is 27.5. The van der Waals surface area contributed by atoms with Crippen LogP contribution in [-0.2, 0) is 19.1 Å². The summed E-state index contributed by atoms with van der Waals surface area (Å²) < 4.78 is 12.0. The van der Waals surface area contributed by atoms with E-state index in [4.69, 9.17) is 50.0 Å². The van der Waals surface area contributed by atoms with Crippen LogP contribution in [0.4, 0.5) is 0 Å². The Morgan fingerprint density at radius 3 is 2.68 bits per heavy atom. The molecule has 0 bridgehead atoms. The fraction of sp³-hybridized carbons (Fsp3) is 0.348. The highest BCUT2D eigenvalue weighted by molar-refractivity contribution is 8.26. The van der Waals surface area contributed by atoms with Crippen LogP contribution in [0.2, 0.25) is 10.0 Å². The van der Waals surface area contributed by atoms with Gasteiger partial charge in [0.1, 0.15) is 4.32 Å². The summed E-state index contributed by atoms with van der Waals surface area (Å²) in [7, 11) is 0. The lowest BCUT2D eigenvalue weighted by Crippen LogP contribution is -2.29. The van der Waals surface area contributed by atoms with E-state index in [2.05, 4.69) is 0 Å². The Labute approximate surface area is 220 Å². The minimum Gasteiger partial charge on any atom is -0.481 e. The largest absolute Gasteiger partial charge is 0.481 e. The van der Waals surface area contributed by atoms with E-state index < -0.39 is 12.3 Å². The van der Waals surface area contributed by atoms with Crippen molar-refractivity contribution in [3.8, 4) is 11.1 Å². The number of unbranched alkanes of at least 4 members (excludes halogenated alkanes) is 2. The van der Waals surface area contributed by atoms with Gasteiger partial charge in [0.25, 0.3) is 5.91 Å². The van der Waals surface area contributed by atoms with Crippen molar-refractivity contribution in [2.45, 2.75) is 32.0 Å². The Morgan fingerprint density at radius 1 is 1.18 bits per heavy atom. The minimum absolute atomic E-state index is 0.131. The number of hydrogen-bond acceptors (Lipinski definition) is 7. The zero-order valence-corrected chi connectivity index (χ0v) is 21.9. The minimum atomic E-state index is -0.810. The molecule has 1 aromatic heterocycles. The summed E-state index contributed by atoms with van der Waals surface area (Å²) in [6, 6.07) is 7.24. The molecule has 0 aliphatic carbocycles. The maximum atomic E-state index is 13.0. The molecule has 0 spiro atoms. The van der Waals surface area contributed by atoms with Gasteiger partial charge < -0.3 is 14.6 Å². The predicted molar refractivity (Wildman–Crippen MR) is 140 cm³/mol. The Balaban J connectivity index is 1.55. The number of amides is 1. The summed E-state index contributed by atoms with van der Waals surface area (Å²) in [5.74, 6) is -0.949. The molecule has 180 valence electrons. The number of aliphatic carboxylic acids is 1. The van der Waals surface area contributed by atoms with Crippen molar-refractivity contribution in [2.24, 2.45) is 0 Å². The smallest absolute Gasteiger partial charge is 0.303 e. The third-order valence-electron chi connectivity index (χ3n) is 5.25. The van der Waals surface area contributed by atoms with Crippen LogP contribution < -0.4 is 0 Å². The first-order valence-electron chi connectivity index (χ1n) is 10.6. The van der Waals surface area contributed by atoms with Gasteiger partial charge in [-0.3, -0.25) is 14.5 Å². The molecule has 2 aliphatic rings. The maximum Gasteiger partial charge on any atom is 0.303 e. The van der Waals surface area contributed by atoms with Crippen molar-refractivity contribution in [3.63, 3.8) is 0 Å². The molecule has 11 heteroatoms. The second-order valence-electron chi connectivity index (χ2n) is 7.66. The van der Waals surface area contributed by atoms with E-state index in [0.717, 1.165) is 27.3 Å². The molecule has 4 rings (SSSR count). The van der Waals surface area contributed by atoms with E-state index in [1.54, 1.807) is 23.1 Å². The van der Waals surface area contributed by atoms with Gasteiger partial charge in [0.05, 0.1) is 23.0 Å². The van der Waals surface area contributed by atoms with Crippen LogP contribution >= 0.6 is 58.5 Å². The number of rotatable bonds is 9. The SMILES string of the molecule is O=C(O)CCCCCN1C(=O)/C(=C/c2cc(-c3cc(Cl)ccc3Cl)c(C3OCCO3)s2)SC1=S. The third-order valence-corrected chi connectivity index (χ3v) is 8.30. The zero-order valence-electron chi connectivity index (χ0n) is 17.9. The monoisotopic (exact) mass is 557 g/mol. The number of carbonyl (C=O) groups is 2. The molecule has 2 aliphatic heterocycles. The number of thiophene rings is 1. The zero-order chi connectivity index (χ0) is 24.2. The van der Waals surface area contributed by atoms with Gasteiger partial charge in [0, 0.05) is 39.0 Å². The molecule has 2 aromatic rings. The highest BCUT2D eigenvalue weighted by atomic mass is 35.5. The highest BCUT2D eigenvalue weighted by Crippen LogP contribution is 2.44. The Kier molecular flexibility index (Phi) is 8.68. The van der Waals surface area contributed by atoms with E-state index >= 15 is 0 Å². The summed E-state index contributed by atoms with van der Waals surface area (Å²) in [5.41, 5.74) is 1.62. The molecule has 2 saturated heterocycles. The molecule has 0 atom stereocenters. The number of thiocarbonyl (C=S) groups is 1. The number of ether oxygens (including phenoxy) is 2. The van der Waals surface area contributed by atoms with Crippen molar-refractivity contribution in [1.29, 1.82) is 0 Å². The molecular weight excluding hydrogens is 537 g/mol. The van der Waals surface area contributed by atoms with Gasteiger partial charge >= 0.3 is 5.97 Å². The second kappa shape index (κ2) is 11.5. The van der Waals surface area contributed by atoms with Crippen LogP contribution in [0, 0.1) is 0 Å². The predicted octanol–water partition coefficient (Wildman–Crippen LogP) is 6.61. The van der Waals surface area contributed by atoms with Crippen molar-refractivity contribution in [3.05, 3.63) is 49.0 Å². The van der Waals surface area contributed by atoms with E-state index in [9.17, 15) is 9.59 Å². The molecular formula is C23H21Cl2NO5S3. The quantitative estimate of drug-likeness (QED) is 0.211. The van der Waals surface area contributed by atoms with Crippen LogP contribution in [-0.4, -0.2) is 46.0 Å². The summed E-state index contributed by atoms with van der Waals surface area (Å²) in [5, 5.41) is 9.87. The highest BCUT2D eigenvalue weighted by Gasteiger charge is 2.32. The molecule has 34 heavy (non-hydrogen) atoms. The first-order chi connectivity index (χ1) is 16.3. The van der Waals surface area contributed by atoms with Crippen LogP contribution in [0.25, 0.3) is 17.2 Å². The summed E-state index contributed by atoms with van der Waals surface area (Å²) in [6.45, 7) is 1.49. The lowest BCUT2D eigenvalue weighted by atomic mass is 10.1. The lowest BCUT2D eigenvalue weighted by Gasteiger charge is -2.13. The van der Waals surface area contributed by atoms with Gasteiger partial charge in [-0.05, 0) is 43.2 Å². The fourth-order valence-corrected chi connectivity index (χ4v) is 6.52. The number of carbonyl (C=O) groups excluding carboxylic acids is 1. The number of thioether (sulfide) groups is 1. The van der Waals surface area contributed by atoms with Crippen molar-refractivity contribution in [1.82, 2.24) is 4.90 Å².